The van der Waals surface area contributed by atoms with Gasteiger partial charge in [0.15, 0.2) is 0 Å². The number of hydrogen-bond acceptors (Lipinski definition) is 13. The first-order valence-electron chi connectivity index (χ1n) is 20.6. The van der Waals surface area contributed by atoms with Crippen LogP contribution < -0.4 is 48.3 Å². The van der Waals surface area contributed by atoms with Gasteiger partial charge >= 0.3 is 11.9 Å². The Labute approximate surface area is 376 Å². The van der Waals surface area contributed by atoms with Gasteiger partial charge in [0.05, 0.1) is 12.8 Å². The molecule has 1 fully saturated rings. The van der Waals surface area contributed by atoms with Gasteiger partial charge in [-0.05, 0) is 43.2 Å². The minimum absolute atomic E-state index is 0.0665. The molecule has 0 spiro atoms. The topological polar surface area (TPSA) is 333 Å². The third kappa shape index (κ3) is 17.7. The molecule has 9 atom stereocenters. The molecule has 0 radical (unpaired) electrons. The molecule has 1 aromatic rings. The first-order chi connectivity index (χ1) is 29.8. The van der Waals surface area contributed by atoms with Crippen molar-refractivity contribution in [3.63, 3.8) is 0 Å². The van der Waals surface area contributed by atoms with Crippen LogP contribution in [0.4, 0.5) is 0 Å². The van der Waals surface area contributed by atoms with Crippen molar-refractivity contribution in [2.75, 3.05) is 18.1 Å². The summed E-state index contributed by atoms with van der Waals surface area (Å²) in [7, 11) is 0. The van der Waals surface area contributed by atoms with Crippen LogP contribution >= 0.6 is 25.3 Å². The molecule has 1 heterocycles. The van der Waals surface area contributed by atoms with Crippen molar-refractivity contribution in [3.8, 4) is 0 Å². The SMILES string of the molecule is CC[C@H](C)[C@@H]1NC(=O)[C@H](C(C)C)NC(=O)[C@H](Cc2ccccc2)NC(=O)[C@H](CS)NC(=O)[C@H](CS)NC(=O)[C@H](CCCCN)NC(=O)[C@H](CC(=O)O)NC(=O)[C@H](CC(=O)O)NC1=O. The van der Waals surface area contributed by atoms with Crippen molar-refractivity contribution < 1.29 is 58.2 Å². The number of carbonyl (C=O) groups is 10. The predicted molar refractivity (Wildman–Crippen MR) is 235 cm³/mol. The van der Waals surface area contributed by atoms with E-state index in [2.05, 4.69) is 67.8 Å². The Kier molecular flexibility index (Phi) is 23.0. The second kappa shape index (κ2) is 26.9. The molecule has 0 unspecified atom stereocenters. The average Bonchev–Trinajstić information content (AvgIpc) is 3.23. The van der Waals surface area contributed by atoms with Crippen molar-refractivity contribution >= 4 is 84.5 Å². The van der Waals surface area contributed by atoms with Crippen LogP contribution in [-0.4, -0.2) is 136 Å². The summed E-state index contributed by atoms with van der Waals surface area (Å²) >= 11 is 8.43. The van der Waals surface area contributed by atoms with Crippen molar-refractivity contribution in [3.05, 3.63) is 35.9 Å². The first kappa shape index (κ1) is 53.7. The number of carboxylic acid groups (broad SMARTS) is 2. The van der Waals surface area contributed by atoms with Crippen LogP contribution in [0.5, 0.6) is 0 Å². The number of thiol groups is 2. The van der Waals surface area contributed by atoms with Gasteiger partial charge in [0.25, 0.3) is 0 Å². The van der Waals surface area contributed by atoms with Crippen molar-refractivity contribution in [1.82, 2.24) is 42.5 Å². The zero-order valence-corrected chi connectivity index (χ0v) is 37.5. The number of hydrogen-bond donors (Lipinski definition) is 13. The first-order valence-corrected chi connectivity index (χ1v) is 21.8. The molecular weight excluding hydrogens is 863 g/mol. The number of nitrogens with two attached hydrogens (primary N) is 1. The maximum Gasteiger partial charge on any atom is 0.305 e. The Morgan fingerprint density at radius 1 is 0.571 bits per heavy atom. The third-order valence-electron chi connectivity index (χ3n) is 10.2. The van der Waals surface area contributed by atoms with Gasteiger partial charge in [0, 0.05) is 17.9 Å². The summed E-state index contributed by atoms with van der Waals surface area (Å²) in [6.45, 7) is 6.74. The summed E-state index contributed by atoms with van der Waals surface area (Å²) in [6.07, 6.45) is -1.28. The second-order valence-corrected chi connectivity index (χ2v) is 16.2. The fourth-order valence-electron chi connectivity index (χ4n) is 6.33. The summed E-state index contributed by atoms with van der Waals surface area (Å²) in [6, 6.07) is -3.51. The van der Waals surface area contributed by atoms with E-state index in [1.165, 1.54) is 0 Å². The van der Waals surface area contributed by atoms with E-state index in [9.17, 15) is 58.2 Å². The fourth-order valence-corrected chi connectivity index (χ4v) is 6.85. The third-order valence-corrected chi connectivity index (χ3v) is 10.9. The summed E-state index contributed by atoms with van der Waals surface area (Å²) in [5.41, 5.74) is 6.25. The number of amides is 8. The van der Waals surface area contributed by atoms with Crippen LogP contribution in [0.15, 0.2) is 30.3 Å². The van der Waals surface area contributed by atoms with Gasteiger partial charge in [-0.25, -0.2) is 0 Å². The predicted octanol–water partition coefficient (Wildman–Crippen LogP) is -2.24. The van der Waals surface area contributed by atoms with Gasteiger partial charge in [0.2, 0.25) is 47.3 Å². The molecule has 1 aliphatic heterocycles. The summed E-state index contributed by atoms with van der Waals surface area (Å²) in [5.74, 6) is -12.7. The van der Waals surface area contributed by atoms with E-state index in [4.69, 9.17) is 5.73 Å². The van der Waals surface area contributed by atoms with Gasteiger partial charge in [-0.1, -0.05) is 64.4 Å². The molecule has 350 valence electrons. The summed E-state index contributed by atoms with van der Waals surface area (Å²) < 4.78 is 0. The maximum atomic E-state index is 14.1. The number of nitrogens with one attached hydrogen (secondary N) is 8. The van der Waals surface area contributed by atoms with Crippen molar-refractivity contribution in [2.45, 2.75) is 121 Å². The Bertz CT molecular complexity index is 1790. The Balaban J connectivity index is 2.75. The molecule has 21 nitrogen and oxygen atoms in total. The summed E-state index contributed by atoms with van der Waals surface area (Å²) in [4.78, 5) is 134. The van der Waals surface area contributed by atoms with Gasteiger partial charge in [-0.2, -0.15) is 25.3 Å². The lowest BCUT2D eigenvalue weighted by Gasteiger charge is -2.31. The fraction of sp³-hybridized carbons (Fsp3) is 0.600. The minimum atomic E-state index is -1.91. The Hall–Kier alpha value is -5.42. The minimum Gasteiger partial charge on any atom is -0.481 e. The molecule has 63 heavy (non-hydrogen) atoms. The number of aliphatic carboxylic acids is 2. The number of rotatable bonds is 15. The van der Waals surface area contributed by atoms with Crippen molar-refractivity contribution in [1.29, 1.82) is 0 Å². The highest BCUT2D eigenvalue weighted by molar-refractivity contribution is 7.80. The molecule has 0 aliphatic carbocycles. The molecule has 2 rings (SSSR count). The number of unbranched alkanes of at least 4 members (excludes halogenated alkanes) is 1. The van der Waals surface area contributed by atoms with Gasteiger partial charge in [0.1, 0.15) is 48.3 Å². The van der Waals surface area contributed by atoms with Gasteiger partial charge in [-0.3, -0.25) is 47.9 Å². The van der Waals surface area contributed by atoms with E-state index >= 15 is 0 Å². The van der Waals surface area contributed by atoms with Crippen LogP contribution in [0.2, 0.25) is 0 Å². The molecule has 1 aliphatic rings. The van der Waals surface area contributed by atoms with Crippen LogP contribution in [0, 0.1) is 11.8 Å². The Morgan fingerprint density at radius 3 is 1.43 bits per heavy atom. The van der Waals surface area contributed by atoms with Crippen LogP contribution in [0.1, 0.15) is 71.8 Å². The van der Waals surface area contributed by atoms with E-state index in [1.807, 2.05) is 0 Å². The normalized spacial score (nSPS) is 25.7. The van der Waals surface area contributed by atoms with Crippen LogP contribution in [-0.2, 0) is 54.4 Å². The monoisotopic (exact) mass is 923 g/mol. The average molecular weight is 924 g/mol. The van der Waals surface area contributed by atoms with E-state index in [1.54, 1.807) is 58.0 Å². The van der Waals surface area contributed by atoms with Gasteiger partial charge < -0.3 is 58.5 Å². The van der Waals surface area contributed by atoms with Crippen molar-refractivity contribution in [2.24, 2.45) is 17.6 Å². The molecule has 0 saturated carbocycles. The van der Waals surface area contributed by atoms with E-state index in [0.717, 1.165) is 0 Å². The highest BCUT2D eigenvalue weighted by atomic mass is 32.1. The standard InChI is InChI=1S/C40H61N9O12S2/c1-5-21(4)32-40(61)45-26(17-30(52)53)35(56)44-25(16-29(50)51)34(55)42-23(13-9-10-14-41)33(54)46-28(19-63)38(59)47-27(18-62)37(58)43-24(15-22-11-7-6-8-12-22)36(57)48-31(20(2)3)39(60)49-32/h6-8,11-12,20-21,23-28,31-32,62-63H,5,9-10,13-19,41H2,1-4H3,(H,42,55)(H,43,58)(H,44,56)(H,45,61)(H,46,54)(H,47,59)(H,48,57)(H,49,60)(H,50,51)(H,52,53)/t21-,23-,24-,25-,26-,27-,28-,31-,32-/m0/s1. The highest BCUT2D eigenvalue weighted by Gasteiger charge is 2.38. The number of benzene rings is 1. The highest BCUT2D eigenvalue weighted by Crippen LogP contribution is 2.13. The molecule has 12 N–H and O–H groups in total. The molecular formula is C40H61N9O12S2. The van der Waals surface area contributed by atoms with Crippen LogP contribution in [0.3, 0.4) is 0 Å². The zero-order chi connectivity index (χ0) is 47.4. The number of carbonyl (C=O) groups excluding carboxylic acids is 8. The zero-order valence-electron chi connectivity index (χ0n) is 35.7. The molecule has 1 aromatic carbocycles. The van der Waals surface area contributed by atoms with E-state index in [-0.39, 0.29) is 43.7 Å². The number of carboxylic acids is 2. The van der Waals surface area contributed by atoms with E-state index in [0.29, 0.717) is 12.0 Å². The molecule has 8 amide bonds. The lowest BCUT2D eigenvalue weighted by molar-refractivity contribution is -0.144. The molecule has 0 bridgehead atoms. The van der Waals surface area contributed by atoms with Crippen LogP contribution in [0.25, 0.3) is 0 Å². The largest absolute Gasteiger partial charge is 0.481 e. The second-order valence-electron chi connectivity index (χ2n) is 15.5. The Morgan fingerprint density at radius 2 is 0.968 bits per heavy atom. The molecule has 1 saturated heterocycles. The quantitative estimate of drug-likeness (QED) is 0.0655. The maximum absolute atomic E-state index is 14.1. The lowest BCUT2D eigenvalue weighted by atomic mass is 9.95. The summed E-state index contributed by atoms with van der Waals surface area (Å²) in [5, 5.41) is 39.1. The van der Waals surface area contributed by atoms with E-state index < -0.39 is 132 Å². The smallest absolute Gasteiger partial charge is 0.305 e. The molecule has 0 aromatic heterocycles. The lowest BCUT2D eigenvalue weighted by Crippen LogP contribution is -2.63. The van der Waals surface area contributed by atoms with Gasteiger partial charge in [-0.15, -0.1) is 0 Å². The molecule has 23 heteroatoms.